The molecule has 2 heterocycles. The SMILES string of the molecule is CC(=O)OCC(=O)NCc1ccc(-c2ccsc2)o1. The zero-order valence-electron chi connectivity index (χ0n) is 10.3. The number of hydrogen-bond donors (Lipinski definition) is 1. The molecule has 19 heavy (non-hydrogen) atoms. The van der Waals surface area contributed by atoms with E-state index in [9.17, 15) is 9.59 Å². The molecule has 5 nitrogen and oxygen atoms in total. The Hall–Kier alpha value is -2.08. The molecule has 0 unspecified atom stereocenters. The van der Waals surface area contributed by atoms with Gasteiger partial charge in [0.25, 0.3) is 5.91 Å². The summed E-state index contributed by atoms with van der Waals surface area (Å²) in [6.07, 6.45) is 0. The van der Waals surface area contributed by atoms with E-state index in [4.69, 9.17) is 4.42 Å². The van der Waals surface area contributed by atoms with Crippen LogP contribution in [0.5, 0.6) is 0 Å². The fourth-order valence-corrected chi connectivity index (χ4v) is 2.08. The standard InChI is InChI=1S/C13H13NO4S/c1-9(15)17-7-13(16)14-6-11-2-3-12(18-11)10-4-5-19-8-10/h2-5,8H,6-7H2,1H3,(H,14,16). The van der Waals surface area contributed by atoms with Gasteiger partial charge in [0.15, 0.2) is 6.61 Å². The quantitative estimate of drug-likeness (QED) is 0.852. The number of esters is 1. The van der Waals surface area contributed by atoms with Gasteiger partial charge in [-0.25, -0.2) is 0 Å². The van der Waals surface area contributed by atoms with Crippen molar-refractivity contribution >= 4 is 23.2 Å². The van der Waals surface area contributed by atoms with E-state index < -0.39 is 5.97 Å². The molecule has 0 aromatic carbocycles. The van der Waals surface area contributed by atoms with Crippen molar-refractivity contribution in [3.63, 3.8) is 0 Å². The number of amides is 1. The van der Waals surface area contributed by atoms with E-state index in [1.807, 2.05) is 22.9 Å². The lowest BCUT2D eigenvalue weighted by atomic mass is 10.3. The van der Waals surface area contributed by atoms with Crippen LogP contribution in [0.3, 0.4) is 0 Å². The normalized spacial score (nSPS) is 10.2. The minimum Gasteiger partial charge on any atom is -0.459 e. The molecule has 0 aliphatic heterocycles. The molecule has 2 aromatic rings. The second-order valence-electron chi connectivity index (χ2n) is 3.83. The Morgan fingerprint density at radius 3 is 2.89 bits per heavy atom. The number of carbonyl (C=O) groups excluding carboxylic acids is 2. The highest BCUT2D eigenvalue weighted by Gasteiger charge is 2.07. The molecular formula is C13H13NO4S. The average molecular weight is 279 g/mol. The van der Waals surface area contributed by atoms with Gasteiger partial charge in [-0.15, -0.1) is 0 Å². The van der Waals surface area contributed by atoms with Crippen LogP contribution in [0, 0.1) is 0 Å². The van der Waals surface area contributed by atoms with Crippen molar-refractivity contribution in [1.29, 1.82) is 0 Å². The van der Waals surface area contributed by atoms with Gasteiger partial charge in [0.1, 0.15) is 11.5 Å². The van der Waals surface area contributed by atoms with E-state index in [0.29, 0.717) is 5.76 Å². The van der Waals surface area contributed by atoms with E-state index in [1.165, 1.54) is 6.92 Å². The summed E-state index contributed by atoms with van der Waals surface area (Å²) >= 11 is 1.59. The van der Waals surface area contributed by atoms with Gasteiger partial charge in [-0.05, 0) is 23.6 Å². The Bertz CT molecular complexity index is 559. The van der Waals surface area contributed by atoms with Crippen molar-refractivity contribution in [2.45, 2.75) is 13.5 Å². The topological polar surface area (TPSA) is 68.5 Å². The molecule has 0 saturated heterocycles. The first-order valence-electron chi connectivity index (χ1n) is 5.66. The summed E-state index contributed by atoms with van der Waals surface area (Å²) in [5, 5.41) is 6.56. The predicted molar refractivity (Wildman–Crippen MR) is 70.5 cm³/mol. The third-order valence-electron chi connectivity index (χ3n) is 2.33. The highest BCUT2D eigenvalue weighted by Crippen LogP contribution is 2.24. The first kappa shape index (κ1) is 13.4. The molecule has 0 fully saturated rings. The van der Waals surface area contributed by atoms with Crippen LogP contribution < -0.4 is 5.32 Å². The average Bonchev–Trinajstić information content (AvgIpc) is 3.03. The summed E-state index contributed by atoms with van der Waals surface area (Å²) in [6.45, 7) is 1.25. The predicted octanol–water partition coefficient (Wildman–Crippen LogP) is 2.19. The number of nitrogens with one attached hydrogen (secondary N) is 1. The lowest BCUT2D eigenvalue weighted by Crippen LogP contribution is -2.27. The van der Waals surface area contributed by atoms with Crippen molar-refractivity contribution in [2.24, 2.45) is 0 Å². The van der Waals surface area contributed by atoms with Gasteiger partial charge in [-0.3, -0.25) is 9.59 Å². The molecule has 6 heteroatoms. The summed E-state index contributed by atoms with van der Waals surface area (Å²) < 4.78 is 10.2. The van der Waals surface area contributed by atoms with Crippen molar-refractivity contribution < 1.29 is 18.7 Å². The van der Waals surface area contributed by atoms with Crippen LogP contribution in [0.4, 0.5) is 0 Å². The number of rotatable bonds is 5. The Kier molecular flexibility index (Phi) is 4.35. The molecular weight excluding hydrogens is 266 g/mol. The van der Waals surface area contributed by atoms with Crippen molar-refractivity contribution in [1.82, 2.24) is 5.32 Å². The maximum absolute atomic E-state index is 11.3. The molecule has 2 aromatic heterocycles. The summed E-state index contributed by atoms with van der Waals surface area (Å²) in [5.74, 6) is 0.583. The first-order chi connectivity index (χ1) is 9.15. The third kappa shape index (κ3) is 3.96. The number of thiophene rings is 1. The van der Waals surface area contributed by atoms with E-state index in [2.05, 4.69) is 10.1 Å². The van der Waals surface area contributed by atoms with Gasteiger partial charge in [-0.1, -0.05) is 0 Å². The fourth-order valence-electron chi connectivity index (χ4n) is 1.44. The lowest BCUT2D eigenvalue weighted by molar-refractivity contribution is -0.146. The molecule has 0 radical (unpaired) electrons. The van der Waals surface area contributed by atoms with Crippen LogP contribution in [0.1, 0.15) is 12.7 Å². The smallest absolute Gasteiger partial charge is 0.303 e. The first-order valence-corrected chi connectivity index (χ1v) is 6.61. The molecule has 1 amide bonds. The van der Waals surface area contributed by atoms with Crippen molar-refractivity contribution in [2.75, 3.05) is 6.61 Å². The van der Waals surface area contributed by atoms with E-state index >= 15 is 0 Å². The van der Waals surface area contributed by atoms with E-state index in [-0.39, 0.29) is 19.1 Å². The Labute approximate surface area is 114 Å². The highest BCUT2D eigenvalue weighted by molar-refractivity contribution is 7.08. The van der Waals surface area contributed by atoms with Crippen LogP contribution in [-0.4, -0.2) is 18.5 Å². The molecule has 0 atom stereocenters. The van der Waals surface area contributed by atoms with Crippen molar-refractivity contribution in [3.05, 3.63) is 34.7 Å². The Morgan fingerprint density at radius 1 is 1.37 bits per heavy atom. The molecule has 0 aliphatic rings. The third-order valence-corrected chi connectivity index (χ3v) is 3.02. The Morgan fingerprint density at radius 2 is 2.21 bits per heavy atom. The van der Waals surface area contributed by atoms with Gasteiger partial charge >= 0.3 is 5.97 Å². The molecule has 1 N–H and O–H groups in total. The largest absolute Gasteiger partial charge is 0.459 e. The summed E-state index contributed by atoms with van der Waals surface area (Å²) in [5.41, 5.74) is 1.02. The van der Waals surface area contributed by atoms with Crippen LogP contribution in [0.25, 0.3) is 11.3 Å². The van der Waals surface area contributed by atoms with Gasteiger partial charge in [0.05, 0.1) is 6.54 Å². The minimum absolute atomic E-state index is 0.268. The van der Waals surface area contributed by atoms with Gasteiger partial charge in [-0.2, -0.15) is 11.3 Å². The summed E-state index contributed by atoms with van der Waals surface area (Å²) in [4.78, 5) is 21.9. The lowest BCUT2D eigenvalue weighted by Gasteiger charge is -2.03. The fraction of sp³-hybridized carbons (Fsp3) is 0.231. The molecule has 0 spiro atoms. The number of hydrogen-bond acceptors (Lipinski definition) is 5. The summed E-state index contributed by atoms with van der Waals surface area (Å²) in [6, 6.07) is 5.63. The minimum atomic E-state index is -0.479. The van der Waals surface area contributed by atoms with Gasteiger partial charge < -0.3 is 14.5 Å². The molecule has 100 valence electrons. The van der Waals surface area contributed by atoms with Crippen LogP contribution in [0.15, 0.2) is 33.4 Å². The molecule has 0 aliphatic carbocycles. The number of ether oxygens (including phenoxy) is 1. The number of carbonyl (C=O) groups is 2. The molecule has 0 saturated carbocycles. The Balaban J connectivity index is 1.84. The second-order valence-corrected chi connectivity index (χ2v) is 4.62. The summed E-state index contributed by atoms with van der Waals surface area (Å²) in [7, 11) is 0. The van der Waals surface area contributed by atoms with E-state index in [0.717, 1.165) is 11.3 Å². The second kappa shape index (κ2) is 6.19. The molecule has 2 rings (SSSR count). The maximum atomic E-state index is 11.3. The maximum Gasteiger partial charge on any atom is 0.303 e. The van der Waals surface area contributed by atoms with Crippen LogP contribution in [0.2, 0.25) is 0 Å². The van der Waals surface area contributed by atoms with Crippen LogP contribution in [-0.2, 0) is 20.9 Å². The van der Waals surface area contributed by atoms with Crippen LogP contribution >= 0.6 is 11.3 Å². The monoisotopic (exact) mass is 279 g/mol. The zero-order chi connectivity index (χ0) is 13.7. The van der Waals surface area contributed by atoms with Gasteiger partial charge in [0, 0.05) is 17.9 Å². The number of furan rings is 1. The van der Waals surface area contributed by atoms with Crippen molar-refractivity contribution in [3.8, 4) is 11.3 Å². The zero-order valence-corrected chi connectivity index (χ0v) is 11.2. The van der Waals surface area contributed by atoms with E-state index in [1.54, 1.807) is 17.4 Å². The van der Waals surface area contributed by atoms with Gasteiger partial charge in [0.2, 0.25) is 0 Å². The molecule has 0 bridgehead atoms. The highest BCUT2D eigenvalue weighted by atomic mass is 32.1.